The van der Waals surface area contributed by atoms with Gasteiger partial charge in [0.2, 0.25) is 0 Å². The van der Waals surface area contributed by atoms with Crippen LogP contribution in [-0.4, -0.2) is 17.7 Å². The lowest BCUT2D eigenvalue weighted by molar-refractivity contribution is -0.130. The van der Waals surface area contributed by atoms with E-state index in [4.69, 9.17) is 4.74 Å². The summed E-state index contributed by atoms with van der Waals surface area (Å²) in [6.07, 6.45) is 6.25. The van der Waals surface area contributed by atoms with E-state index in [1.165, 1.54) is 12.8 Å². The molecule has 144 valence electrons. The van der Waals surface area contributed by atoms with Gasteiger partial charge < -0.3 is 9.84 Å². The maximum absolute atomic E-state index is 12.0. The monoisotopic (exact) mass is 374 g/mol. The van der Waals surface area contributed by atoms with Crippen molar-refractivity contribution in [2.24, 2.45) is 0 Å². The largest absolute Gasteiger partial charge is 0.493 e. The van der Waals surface area contributed by atoms with Crippen molar-refractivity contribution in [2.75, 3.05) is 6.61 Å². The molecule has 0 aliphatic rings. The molecule has 0 atom stereocenters. The summed E-state index contributed by atoms with van der Waals surface area (Å²) in [4.78, 5) is 12.0. The van der Waals surface area contributed by atoms with E-state index in [1.807, 2.05) is 66.7 Å². The van der Waals surface area contributed by atoms with Crippen LogP contribution in [0.25, 0.3) is 22.4 Å². The second-order valence-corrected chi connectivity index (χ2v) is 6.84. The van der Waals surface area contributed by atoms with Gasteiger partial charge in [-0.1, -0.05) is 86.8 Å². The van der Waals surface area contributed by atoms with Crippen molar-refractivity contribution in [3.8, 4) is 5.75 Å². The minimum absolute atomic E-state index is 0.257. The van der Waals surface area contributed by atoms with Crippen molar-refractivity contribution in [1.82, 2.24) is 0 Å². The molecule has 0 fully saturated rings. The summed E-state index contributed by atoms with van der Waals surface area (Å²) in [6.45, 7) is 2.82. The Balaban J connectivity index is 2.03. The Hall–Kier alpha value is -3.07. The lowest BCUT2D eigenvalue weighted by Crippen LogP contribution is -2.02. The Morgan fingerprint density at radius 3 is 2.43 bits per heavy atom. The van der Waals surface area contributed by atoms with Crippen molar-refractivity contribution < 1.29 is 14.6 Å². The molecule has 3 nitrogen and oxygen atoms in total. The van der Waals surface area contributed by atoms with Crippen LogP contribution in [0.4, 0.5) is 0 Å². The summed E-state index contributed by atoms with van der Waals surface area (Å²) >= 11 is 0. The summed E-state index contributed by atoms with van der Waals surface area (Å²) in [5.74, 6) is -0.224. The Bertz CT molecular complexity index is 958. The summed E-state index contributed by atoms with van der Waals surface area (Å²) in [7, 11) is 0. The zero-order chi connectivity index (χ0) is 19.8. The first-order valence-corrected chi connectivity index (χ1v) is 9.85. The summed E-state index contributed by atoms with van der Waals surface area (Å²) < 4.78 is 6.07. The highest BCUT2D eigenvalue weighted by Gasteiger charge is 2.14. The van der Waals surface area contributed by atoms with Gasteiger partial charge in [0.05, 0.1) is 12.2 Å². The van der Waals surface area contributed by atoms with Crippen LogP contribution in [-0.2, 0) is 4.79 Å². The van der Waals surface area contributed by atoms with Gasteiger partial charge in [0.1, 0.15) is 5.75 Å². The Morgan fingerprint density at radius 1 is 0.929 bits per heavy atom. The van der Waals surface area contributed by atoms with E-state index < -0.39 is 5.97 Å². The molecule has 0 aliphatic carbocycles. The second kappa shape index (κ2) is 9.75. The van der Waals surface area contributed by atoms with Crippen LogP contribution in [0.3, 0.4) is 0 Å². The topological polar surface area (TPSA) is 46.5 Å². The number of carboxylic acids is 1. The van der Waals surface area contributed by atoms with E-state index in [0.717, 1.165) is 34.9 Å². The van der Waals surface area contributed by atoms with E-state index in [2.05, 4.69) is 6.92 Å². The number of carboxylic acid groups (broad SMARTS) is 1. The number of aliphatic carboxylic acids is 1. The van der Waals surface area contributed by atoms with Crippen molar-refractivity contribution in [3.63, 3.8) is 0 Å². The van der Waals surface area contributed by atoms with Crippen LogP contribution in [0, 0.1) is 0 Å². The van der Waals surface area contributed by atoms with Crippen LogP contribution in [0.5, 0.6) is 5.75 Å². The third kappa shape index (κ3) is 4.80. The zero-order valence-electron chi connectivity index (χ0n) is 16.2. The van der Waals surface area contributed by atoms with Gasteiger partial charge in [-0.05, 0) is 34.9 Å². The number of fused-ring (bicyclic) bond motifs is 1. The molecule has 0 radical (unpaired) electrons. The molecule has 3 rings (SSSR count). The number of hydrogen-bond donors (Lipinski definition) is 1. The van der Waals surface area contributed by atoms with Gasteiger partial charge in [0.15, 0.2) is 0 Å². The standard InChI is InChI=1S/C25H26O3/c1-2-3-4-10-17-28-24-16-15-20-13-8-9-14-21(20)23(24)18-22(25(26)27)19-11-6-5-7-12-19/h5-9,11-16,18H,2-4,10,17H2,1H3,(H,26,27)/b22-18+. The Kier molecular flexibility index (Phi) is 6.85. The Morgan fingerprint density at radius 2 is 1.68 bits per heavy atom. The predicted octanol–water partition coefficient (Wildman–Crippen LogP) is 6.42. The first kappa shape index (κ1) is 19.7. The van der Waals surface area contributed by atoms with Gasteiger partial charge >= 0.3 is 5.97 Å². The number of ether oxygens (including phenoxy) is 1. The molecule has 28 heavy (non-hydrogen) atoms. The average molecular weight is 374 g/mol. The SMILES string of the molecule is CCCCCCOc1ccc2ccccc2c1/C=C(/C(=O)O)c1ccccc1. The van der Waals surface area contributed by atoms with Gasteiger partial charge in [-0.15, -0.1) is 0 Å². The van der Waals surface area contributed by atoms with E-state index in [1.54, 1.807) is 6.08 Å². The van der Waals surface area contributed by atoms with E-state index in [-0.39, 0.29) is 5.57 Å². The first-order valence-electron chi connectivity index (χ1n) is 9.85. The van der Waals surface area contributed by atoms with Crippen molar-refractivity contribution in [3.05, 3.63) is 77.9 Å². The van der Waals surface area contributed by atoms with Gasteiger partial charge in [0, 0.05) is 5.56 Å². The normalized spacial score (nSPS) is 11.5. The van der Waals surface area contributed by atoms with Crippen LogP contribution in [0.15, 0.2) is 66.7 Å². The molecular weight excluding hydrogens is 348 g/mol. The van der Waals surface area contributed by atoms with Crippen LogP contribution < -0.4 is 4.74 Å². The molecule has 0 aromatic heterocycles. The molecule has 0 aliphatic heterocycles. The van der Waals surface area contributed by atoms with Crippen molar-refractivity contribution >= 4 is 28.4 Å². The molecule has 0 bridgehead atoms. The third-order valence-electron chi connectivity index (χ3n) is 4.79. The molecule has 0 heterocycles. The number of carbonyl (C=O) groups is 1. The maximum atomic E-state index is 12.0. The summed E-state index contributed by atoms with van der Waals surface area (Å²) in [5.41, 5.74) is 1.75. The molecule has 3 aromatic rings. The summed E-state index contributed by atoms with van der Waals surface area (Å²) in [5, 5.41) is 11.9. The lowest BCUT2D eigenvalue weighted by Gasteiger charge is -2.13. The van der Waals surface area contributed by atoms with Crippen LogP contribution >= 0.6 is 0 Å². The van der Waals surface area contributed by atoms with Crippen molar-refractivity contribution in [2.45, 2.75) is 32.6 Å². The quantitative estimate of drug-likeness (QED) is 0.267. The van der Waals surface area contributed by atoms with Gasteiger partial charge in [-0.2, -0.15) is 0 Å². The molecule has 3 aromatic carbocycles. The number of hydrogen-bond acceptors (Lipinski definition) is 2. The number of rotatable bonds is 9. The highest BCUT2D eigenvalue weighted by Crippen LogP contribution is 2.32. The van der Waals surface area contributed by atoms with E-state index >= 15 is 0 Å². The van der Waals surface area contributed by atoms with Crippen LogP contribution in [0.2, 0.25) is 0 Å². The highest BCUT2D eigenvalue weighted by atomic mass is 16.5. The first-order chi connectivity index (χ1) is 13.7. The van der Waals surface area contributed by atoms with E-state index in [0.29, 0.717) is 12.2 Å². The number of benzene rings is 3. The fraction of sp³-hybridized carbons (Fsp3) is 0.240. The fourth-order valence-electron chi connectivity index (χ4n) is 3.29. The third-order valence-corrected chi connectivity index (χ3v) is 4.79. The molecular formula is C25H26O3. The molecule has 1 N–H and O–H groups in total. The van der Waals surface area contributed by atoms with Crippen LogP contribution in [0.1, 0.15) is 43.7 Å². The smallest absolute Gasteiger partial charge is 0.336 e. The van der Waals surface area contributed by atoms with E-state index in [9.17, 15) is 9.90 Å². The van der Waals surface area contributed by atoms with Gasteiger partial charge in [0.25, 0.3) is 0 Å². The number of unbranched alkanes of at least 4 members (excludes halogenated alkanes) is 3. The fourth-order valence-corrected chi connectivity index (χ4v) is 3.29. The molecule has 0 amide bonds. The molecule has 0 unspecified atom stereocenters. The predicted molar refractivity (Wildman–Crippen MR) is 116 cm³/mol. The zero-order valence-corrected chi connectivity index (χ0v) is 16.2. The van der Waals surface area contributed by atoms with Crippen molar-refractivity contribution in [1.29, 1.82) is 0 Å². The lowest BCUT2D eigenvalue weighted by atomic mass is 9.98. The molecule has 0 saturated heterocycles. The second-order valence-electron chi connectivity index (χ2n) is 6.84. The highest BCUT2D eigenvalue weighted by molar-refractivity contribution is 6.21. The summed E-state index contributed by atoms with van der Waals surface area (Å²) in [6, 6.07) is 21.2. The minimum Gasteiger partial charge on any atom is -0.493 e. The molecule has 0 saturated carbocycles. The molecule has 3 heteroatoms. The Labute approximate surface area is 166 Å². The van der Waals surface area contributed by atoms with Gasteiger partial charge in [-0.3, -0.25) is 0 Å². The molecule has 0 spiro atoms. The average Bonchev–Trinajstić information content (AvgIpc) is 2.72. The van der Waals surface area contributed by atoms with Gasteiger partial charge in [-0.25, -0.2) is 4.79 Å². The maximum Gasteiger partial charge on any atom is 0.336 e. The minimum atomic E-state index is -0.951.